The summed E-state index contributed by atoms with van der Waals surface area (Å²) in [7, 11) is 0. The van der Waals surface area contributed by atoms with E-state index in [1.165, 1.54) is 12.1 Å². The molecule has 0 aliphatic heterocycles. The second kappa shape index (κ2) is 8.52. The van der Waals surface area contributed by atoms with Crippen molar-refractivity contribution in [3.8, 4) is 0 Å². The van der Waals surface area contributed by atoms with Gasteiger partial charge in [-0.15, -0.1) is 0 Å². The Bertz CT molecular complexity index is 1110. The normalized spacial score (nSPS) is 10.6. The number of carbonyl (C=O) groups excluding carboxylic acids is 2. The molecule has 0 saturated heterocycles. The number of fused-ring (bicyclic) bond motifs is 1. The van der Waals surface area contributed by atoms with Gasteiger partial charge in [0.15, 0.2) is 6.61 Å². The second-order valence-electron chi connectivity index (χ2n) is 6.78. The molecule has 0 fully saturated rings. The first-order valence-corrected chi connectivity index (χ1v) is 9.02. The maximum atomic E-state index is 12.1. The molecule has 0 saturated carbocycles. The topological polar surface area (TPSA) is 98.5 Å². The van der Waals surface area contributed by atoms with Crippen molar-refractivity contribution < 1.29 is 19.2 Å². The van der Waals surface area contributed by atoms with Crippen LogP contribution in [-0.2, 0) is 20.7 Å². The Morgan fingerprint density at radius 1 is 1.00 bits per heavy atom. The van der Waals surface area contributed by atoms with E-state index in [4.69, 9.17) is 4.74 Å². The second-order valence-corrected chi connectivity index (χ2v) is 6.78. The fourth-order valence-electron chi connectivity index (χ4n) is 2.95. The van der Waals surface area contributed by atoms with E-state index < -0.39 is 23.4 Å². The third-order valence-corrected chi connectivity index (χ3v) is 4.61. The zero-order chi connectivity index (χ0) is 21.0. The van der Waals surface area contributed by atoms with Gasteiger partial charge in [-0.05, 0) is 47.4 Å². The van der Waals surface area contributed by atoms with Crippen LogP contribution < -0.4 is 5.32 Å². The fraction of sp³-hybridized carbons (Fsp3) is 0.182. The summed E-state index contributed by atoms with van der Waals surface area (Å²) in [6, 6.07) is 16.4. The van der Waals surface area contributed by atoms with Gasteiger partial charge in [-0.25, -0.2) is 0 Å². The van der Waals surface area contributed by atoms with Crippen LogP contribution in [-0.4, -0.2) is 23.4 Å². The number of carbonyl (C=O) groups is 2. The molecule has 0 aliphatic carbocycles. The van der Waals surface area contributed by atoms with E-state index in [0.717, 1.165) is 27.5 Å². The van der Waals surface area contributed by atoms with Gasteiger partial charge >= 0.3 is 5.97 Å². The molecule has 0 unspecified atom stereocenters. The molecule has 0 aliphatic rings. The van der Waals surface area contributed by atoms with E-state index in [2.05, 4.69) is 5.32 Å². The van der Waals surface area contributed by atoms with Gasteiger partial charge < -0.3 is 10.1 Å². The van der Waals surface area contributed by atoms with Gasteiger partial charge in [0.05, 0.1) is 11.3 Å². The van der Waals surface area contributed by atoms with E-state index in [0.29, 0.717) is 0 Å². The van der Waals surface area contributed by atoms with Crippen LogP contribution >= 0.6 is 0 Å². The Labute approximate surface area is 167 Å². The highest BCUT2D eigenvalue weighted by Crippen LogP contribution is 2.27. The number of nitrogens with one attached hydrogen (secondary N) is 1. The average Bonchev–Trinajstić information content (AvgIpc) is 2.68. The Morgan fingerprint density at radius 3 is 2.41 bits per heavy atom. The quantitative estimate of drug-likeness (QED) is 0.387. The number of nitrogens with zero attached hydrogens (tertiary/aromatic N) is 1. The lowest BCUT2D eigenvalue weighted by molar-refractivity contribution is -0.384. The van der Waals surface area contributed by atoms with Crippen molar-refractivity contribution in [3.63, 3.8) is 0 Å². The van der Waals surface area contributed by atoms with Crippen LogP contribution in [0.5, 0.6) is 0 Å². The lowest BCUT2D eigenvalue weighted by Crippen LogP contribution is -2.22. The Kier molecular flexibility index (Phi) is 5.87. The molecule has 0 spiro atoms. The number of amides is 1. The van der Waals surface area contributed by atoms with Crippen LogP contribution in [0, 0.1) is 24.0 Å². The van der Waals surface area contributed by atoms with Crippen LogP contribution in [0.2, 0.25) is 0 Å². The number of anilines is 1. The van der Waals surface area contributed by atoms with Gasteiger partial charge in [-0.2, -0.15) is 0 Å². The average molecular weight is 392 g/mol. The monoisotopic (exact) mass is 392 g/mol. The molecule has 0 bridgehead atoms. The molecule has 3 aromatic carbocycles. The molecule has 0 heterocycles. The van der Waals surface area contributed by atoms with Crippen molar-refractivity contribution >= 4 is 34.0 Å². The molecule has 3 rings (SSSR count). The van der Waals surface area contributed by atoms with E-state index in [9.17, 15) is 19.7 Å². The van der Waals surface area contributed by atoms with Crippen LogP contribution in [0.25, 0.3) is 10.8 Å². The number of nitro benzene ring substituents is 1. The number of benzene rings is 3. The van der Waals surface area contributed by atoms with E-state index in [1.807, 2.05) is 42.5 Å². The number of hydrogen-bond donors (Lipinski definition) is 1. The largest absolute Gasteiger partial charge is 0.455 e. The minimum atomic E-state index is -0.636. The van der Waals surface area contributed by atoms with Crippen molar-refractivity contribution in [2.24, 2.45) is 0 Å². The lowest BCUT2D eigenvalue weighted by Gasteiger charge is -2.09. The summed E-state index contributed by atoms with van der Waals surface area (Å²) in [6.07, 6.45) is 0.0297. The first kappa shape index (κ1) is 20.0. The predicted molar refractivity (Wildman–Crippen MR) is 110 cm³/mol. The zero-order valence-electron chi connectivity index (χ0n) is 16.1. The number of hydrogen-bond acceptors (Lipinski definition) is 5. The highest BCUT2D eigenvalue weighted by molar-refractivity contribution is 5.95. The standard InChI is InChI=1S/C22H20N2O5/c1-14-9-19(20(24(27)28)10-15(14)2)23-21(25)13-29-22(26)12-16-7-8-17-5-3-4-6-18(17)11-16/h3-11H,12-13H2,1-2H3,(H,23,25). The molecule has 29 heavy (non-hydrogen) atoms. The number of nitro groups is 1. The summed E-state index contributed by atoms with van der Waals surface area (Å²) in [6.45, 7) is 3.03. The third-order valence-electron chi connectivity index (χ3n) is 4.61. The van der Waals surface area contributed by atoms with Gasteiger partial charge in [0.25, 0.3) is 11.6 Å². The van der Waals surface area contributed by atoms with Gasteiger partial charge in [-0.3, -0.25) is 19.7 Å². The SMILES string of the molecule is Cc1cc(NC(=O)COC(=O)Cc2ccc3ccccc3c2)c([N+](=O)[O-])cc1C. The summed E-state index contributed by atoms with van der Waals surface area (Å²) in [5, 5.41) is 15.7. The number of esters is 1. The van der Waals surface area contributed by atoms with Gasteiger partial charge in [0, 0.05) is 6.07 Å². The van der Waals surface area contributed by atoms with Crippen LogP contribution in [0.4, 0.5) is 11.4 Å². The van der Waals surface area contributed by atoms with E-state index >= 15 is 0 Å². The molecule has 148 valence electrons. The van der Waals surface area contributed by atoms with Crippen molar-refractivity contribution in [3.05, 3.63) is 81.4 Å². The molecular formula is C22H20N2O5. The van der Waals surface area contributed by atoms with E-state index in [1.54, 1.807) is 13.8 Å². The summed E-state index contributed by atoms with van der Waals surface area (Å²) >= 11 is 0. The first-order valence-electron chi connectivity index (χ1n) is 9.02. The maximum Gasteiger partial charge on any atom is 0.310 e. The Hall–Kier alpha value is -3.74. The first-order chi connectivity index (χ1) is 13.8. The number of ether oxygens (including phenoxy) is 1. The maximum absolute atomic E-state index is 12.1. The van der Waals surface area contributed by atoms with Gasteiger partial charge in [0.1, 0.15) is 5.69 Å². The lowest BCUT2D eigenvalue weighted by atomic mass is 10.1. The van der Waals surface area contributed by atoms with Crippen LogP contribution in [0.15, 0.2) is 54.6 Å². The summed E-state index contributed by atoms with van der Waals surface area (Å²) in [5.41, 5.74) is 2.20. The van der Waals surface area contributed by atoms with E-state index in [-0.39, 0.29) is 17.8 Å². The van der Waals surface area contributed by atoms with Crippen LogP contribution in [0.1, 0.15) is 16.7 Å². The molecule has 1 N–H and O–H groups in total. The highest BCUT2D eigenvalue weighted by Gasteiger charge is 2.18. The molecule has 1 amide bonds. The number of rotatable bonds is 6. The van der Waals surface area contributed by atoms with Gasteiger partial charge in [0.2, 0.25) is 0 Å². The van der Waals surface area contributed by atoms with Crippen molar-refractivity contribution in [2.75, 3.05) is 11.9 Å². The molecule has 3 aromatic rings. The number of aryl methyl sites for hydroxylation is 2. The minimum Gasteiger partial charge on any atom is -0.455 e. The van der Waals surface area contributed by atoms with Gasteiger partial charge in [-0.1, -0.05) is 42.5 Å². The summed E-state index contributed by atoms with van der Waals surface area (Å²) in [5.74, 6) is -1.19. The predicted octanol–water partition coefficient (Wildman–Crippen LogP) is 4.09. The van der Waals surface area contributed by atoms with Crippen molar-refractivity contribution in [1.82, 2.24) is 0 Å². The minimum absolute atomic E-state index is 0.0297. The van der Waals surface area contributed by atoms with Crippen molar-refractivity contribution in [2.45, 2.75) is 20.3 Å². The Balaban J connectivity index is 1.59. The molecular weight excluding hydrogens is 372 g/mol. The molecule has 7 heteroatoms. The summed E-state index contributed by atoms with van der Waals surface area (Å²) in [4.78, 5) is 34.8. The fourth-order valence-corrected chi connectivity index (χ4v) is 2.95. The zero-order valence-corrected chi connectivity index (χ0v) is 16.1. The third kappa shape index (κ3) is 4.95. The molecule has 7 nitrogen and oxygen atoms in total. The smallest absolute Gasteiger partial charge is 0.310 e. The van der Waals surface area contributed by atoms with Crippen molar-refractivity contribution in [1.29, 1.82) is 0 Å². The Morgan fingerprint density at radius 2 is 1.69 bits per heavy atom. The highest BCUT2D eigenvalue weighted by atomic mass is 16.6. The molecule has 0 aromatic heterocycles. The van der Waals surface area contributed by atoms with Crippen LogP contribution in [0.3, 0.4) is 0 Å². The molecule has 0 radical (unpaired) electrons. The summed E-state index contributed by atoms with van der Waals surface area (Å²) < 4.78 is 5.03. The molecule has 0 atom stereocenters.